The molecule has 0 radical (unpaired) electrons. The maximum Gasteiger partial charge on any atom is 0.113 e. The Balaban J connectivity index is 2.67. The minimum absolute atomic E-state index is 0.207. The van der Waals surface area contributed by atoms with Crippen molar-refractivity contribution in [1.82, 2.24) is 0 Å². The Morgan fingerprint density at radius 1 is 1.16 bits per heavy atom. The van der Waals surface area contributed by atoms with Crippen molar-refractivity contribution < 1.29 is 19.1 Å². The quantitative estimate of drug-likeness (QED) is 0.652. The predicted octanol–water partition coefficient (Wildman–Crippen LogP) is 1.81. The molecule has 1 aliphatic heterocycles. The summed E-state index contributed by atoms with van der Waals surface area (Å²) in [4.78, 5) is 0. The summed E-state index contributed by atoms with van der Waals surface area (Å²) >= 11 is 0. The first-order chi connectivity index (χ1) is 9.08. The number of aliphatic hydroxyl groups excluding tert-OH is 1. The van der Waals surface area contributed by atoms with Gasteiger partial charge in [-0.3, -0.25) is 0 Å². The first-order valence-electron chi connectivity index (χ1n) is 7.59. The van der Waals surface area contributed by atoms with Crippen LogP contribution in [0.5, 0.6) is 0 Å². The smallest absolute Gasteiger partial charge is 0.113 e. The zero-order chi connectivity index (χ0) is 14.3. The normalized spacial score (nSPS) is 27.6. The van der Waals surface area contributed by atoms with Crippen molar-refractivity contribution >= 4 is 0 Å². The molecule has 4 heteroatoms. The Hall–Kier alpha value is -0.160. The lowest BCUT2D eigenvalue weighted by Crippen LogP contribution is -2.59. The number of aliphatic hydroxyl groups is 1. The Morgan fingerprint density at radius 3 is 2.11 bits per heavy atom. The highest BCUT2D eigenvalue weighted by atomic mass is 16.5. The van der Waals surface area contributed by atoms with E-state index in [2.05, 4.69) is 14.0 Å². The molecule has 19 heavy (non-hydrogen) atoms. The van der Waals surface area contributed by atoms with E-state index in [0.717, 1.165) is 43.5 Å². The van der Waals surface area contributed by atoms with Crippen molar-refractivity contribution in [2.24, 2.45) is 0 Å². The molecule has 1 N–H and O–H groups in total. The number of nitrogens with zero attached hydrogens (tertiary/aromatic N) is 1. The van der Waals surface area contributed by atoms with E-state index in [1.54, 1.807) is 14.2 Å². The summed E-state index contributed by atoms with van der Waals surface area (Å²) in [5.74, 6) is 0. The van der Waals surface area contributed by atoms with Crippen molar-refractivity contribution in [1.29, 1.82) is 0 Å². The first kappa shape index (κ1) is 16.9. The lowest BCUT2D eigenvalue weighted by Gasteiger charge is -2.42. The Labute approximate surface area is 118 Å². The Bertz CT molecular complexity index is 234. The van der Waals surface area contributed by atoms with Crippen molar-refractivity contribution in [3.05, 3.63) is 0 Å². The highest BCUT2D eigenvalue weighted by Crippen LogP contribution is 2.32. The molecule has 1 heterocycles. The molecule has 1 rings (SSSR count). The highest BCUT2D eigenvalue weighted by molar-refractivity contribution is 4.77. The molecule has 1 fully saturated rings. The van der Waals surface area contributed by atoms with Crippen LogP contribution in [0.4, 0.5) is 0 Å². The molecule has 0 saturated carbocycles. The predicted molar refractivity (Wildman–Crippen MR) is 77.1 cm³/mol. The highest BCUT2D eigenvalue weighted by Gasteiger charge is 2.46. The van der Waals surface area contributed by atoms with Crippen molar-refractivity contribution in [2.75, 3.05) is 41.0 Å². The van der Waals surface area contributed by atoms with Crippen LogP contribution in [0, 0.1) is 0 Å². The molecule has 1 saturated heterocycles. The molecule has 0 aromatic carbocycles. The molecular formula is C15H32NO3+. The topological polar surface area (TPSA) is 38.7 Å². The molecule has 0 unspecified atom stereocenters. The van der Waals surface area contributed by atoms with E-state index in [4.69, 9.17) is 9.47 Å². The molecule has 0 spiro atoms. The number of rotatable bonds is 9. The van der Waals surface area contributed by atoms with Gasteiger partial charge < -0.3 is 19.1 Å². The van der Waals surface area contributed by atoms with Crippen LogP contribution in [0.15, 0.2) is 0 Å². The summed E-state index contributed by atoms with van der Waals surface area (Å²) < 4.78 is 11.6. The van der Waals surface area contributed by atoms with Crippen molar-refractivity contribution in [2.45, 2.75) is 57.2 Å². The van der Waals surface area contributed by atoms with E-state index in [-0.39, 0.29) is 6.10 Å². The monoisotopic (exact) mass is 274 g/mol. The van der Waals surface area contributed by atoms with Crippen LogP contribution >= 0.6 is 0 Å². The summed E-state index contributed by atoms with van der Waals surface area (Å²) in [6, 6.07) is 0.975. The molecule has 3 atom stereocenters. The Morgan fingerprint density at radius 2 is 1.68 bits per heavy atom. The van der Waals surface area contributed by atoms with Crippen LogP contribution in [0.1, 0.15) is 39.0 Å². The minimum Gasteiger partial charge on any atom is -0.387 e. The number of methoxy groups -OCH3 is 2. The third-order valence-corrected chi connectivity index (χ3v) is 4.71. The van der Waals surface area contributed by atoms with E-state index in [1.807, 2.05) is 0 Å². The molecular weight excluding hydrogens is 242 g/mol. The molecule has 0 amide bonds. The van der Waals surface area contributed by atoms with Gasteiger partial charge in [0.25, 0.3) is 0 Å². The first-order valence-corrected chi connectivity index (χ1v) is 7.59. The average Bonchev–Trinajstić information content (AvgIpc) is 2.66. The van der Waals surface area contributed by atoms with E-state index < -0.39 is 0 Å². The van der Waals surface area contributed by atoms with Crippen LogP contribution in [-0.4, -0.2) is 68.8 Å². The third kappa shape index (κ3) is 4.42. The fraction of sp³-hybridized carbons (Fsp3) is 1.00. The van der Waals surface area contributed by atoms with Crippen LogP contribution in [0.2, 0.25) is 0 Å². The Kier molecular flexibility index (Phi) is 7.29. The number of hydrogen-bond acceptors (Lipinski definition) is 3. The van der Waals surface area contributed by atoms with Crippen LogP contribution in [0.3, 0.4) is 0 Å². The number of likely N-dealkylation sites (tertiary alicyclic amines) is 1. The lowest BCUT2D eigenvalue weighted by atomic mass is 10.1. The standard InChI is InChI=1S/C15H32NO3/c1-5-6-7-15(17)10-16(2)13(11-18-3)8-9-14(16)12-19-4/h13-15,17H,5-12H2,1-4H3/q+1/t13-,14-,15+/m1/s1. The lowest BCUT2D eigenvalue weighted by molar-refractivity contribution is -0.946. The summed E-state index contributed by atoms with van der Waals surface area (Å²) in [6.07, 6.45) is 5.28. The van der Waals surface area contributed by atoms with Crippen molar-refractivity contribution in [3.63, 3.8) is 0 Å². The largest absolute Gasteiger partial charge is 0.387 e. The average molecular weight is 274 g/mol. The van der Waals surface area contributed by atoms with Gasteiger partial charge in [-0.05, 0) is 6.42 Å². The van der Waals surface area contributed by atoms with Gasteiger partial charge in [-0.15, -0.1) is 0 Å². The molecule has 0 aromatic rings. The van der Waals surface area contributed by atoms with Gasteiger partial charge in [0.05, 0.1) is 20.3 Å². The van der Waals surface area contributed by atoms with Crippen LogP contribution in [-0.2, 0) is 9.47 Å². The zero-order valence-corrected chi connectivity index (χ0v) is 13.1. The van der Waals surface area contributed by atoms with Gasteiger partial charge >= 0.3 is 0 Å². The van der Waals surface area contributed by atoms with Crippen molar-refractivity contribution in [3.8, 4) is 0 Å². The van der Waals surface area contributed by atoms with E-state index >= 15 is 0 Å². The fourth-order valence-corrected chi connectivity index (χ4v) is 3.45. The van der Waals surface area contributed by atoms with Gasteiger partial charge in [-0.2, -0.15) is 0 Å². The van der Waals surface area contributed by atoms with E-state index in [1.165, 1.54) is 12.8 Å². The number of likely N-dealkylation sites (N-methyl/N-ethyl adjacent to an activating group) is 1. The second-order valence-electron chi connectivity index (χ2n) is 6.12. The van der Waals surface area contributed by atoms with Gasteiger partial charge in [0.1, 0.15) is 24.7 Å². The van der Waals surface area contributed by atoms with Gasteiger partial charge in [0.15, 0.2) is 0 Å². The van der Waals surface area contributed by atoms with E-state index in [9.17, 15) is 5.11 Å². The second kappa shape index (κ2) is 8.20. The van der Waals surface area contributed by atoms with Gasteiger partial charge in [-0.25, -0.2) is 0 Å². The second-order valence-corrected chi connectivity index (χ2v) is 6.12. The summed E-state index contributed by atoms with van der Waals surface area (Å²) in [5, 5.41) is 10.3. The maximum atomic E-state index is 10.3. The SMILES string of the molecule is CCCC[C@H](O)C[N+]1(C)[C@@H](COC)CC[C@@H]1COC. The van der Waals surface area contributed by atoms with Gasteiger partial charge in [0.2, 0.25) is 0 Å². The molecule has 4 nitrogen and oxygen atoms in total. The molecule has 0 aliphatic carbocycles. The summed E-state index contributed by atoms with van der Waals surface area (Å²) in [6.45, 7) is 4.54. The molecule has 1 aliphatic rings. The molecule has 0 bridgehead atoms. The van der Waals surface area contributed by atoms with Gasteiger partial charge in [-0.1, -0.05) is 19.8 Å². The van der Waals surface area contributed by atoms with Gasteiger partial charge in [0, 0.05) is 27.1 Å². The van der Waals surface area contributed by atoms with Crippen LogP contribution in [0.25, 0.3) is 0 Å². The summed E-state index contributed by atoms with van der Waals surface area (Å²) in [5.41, 5.74) is 0. The fourth-order valence-electron chi connectivity index (χ4n) is 3.45. The van der Waals surface area contributed by atoms with E-state index in [0.29, 0.717) is 12.1 Å². The molecule has 0 aromatic heterocycles. The zero-order valence-electron chi connectivity index (χ0n) is 13.1. The maximum absolute atomic E-state index is 10.3. The number of unbranched alkanes of at least 4 members (excludes halogenated alkanes) is 1. The number of quaternary nitrogens is 1. The number of ether oxygens (including phenoxy) is 2. The number of hydrogen-bond donors (Lipinski definition) is 1. The third-order valence-electron chi connectivity index (χ3n) is 4.71. The minimum atomic E-state index is -0.207. The summed E-state index contributed by atoms with van der Waals surface area (Å²) in [7, 11) is 5.79. The molecule has 114 valence electrons. The van der Waals surface area contributed by atoms with Crippen LogP contribution < -0.4 is 0 Å².